The molecule has 1 atom stereocenters. The average molecular weight is 417 g/mol. The summed E-state index contributed by atoms with van der Waals surface area (Å²) in [6.45, 7) is -0.0441. The Bertz CT molecular complexity index is 1230. The van der Waals surface area contributed by atoms with Crippen LogP contribution in [-0.2, 0) is 6.61 Å². The van der Waals surface area contributed by atoms with E-state index >= 15 is 0 Å². The molecule has 0 aliphatic heterocycles. The minimum absolute atomic E-state index is 0.0119. The topological polar surface area (TPSA) is 111 Å². The van der Waals surface area contributed by atoms with Gasteiger partial charge in [0.05, 0.1) is 10.8 Å². The van der Waals surface area contributed by atoms with Crippen LogP contribution in [0.1, 0.15) is 22.6 Å². The largest absolute Gasteiger partial charge is 0.489 e. The summed E-state index contributed by atoms with van der Waals surface area (Å²) in [6.07, 6.45) is 1.82. The second kappa shape index (κ2) is 8.66. The molecular weight excluding hydrogens is 398 g/mol. The van der Waals surface area contributed by atoms with E-state index in [4.69, 9.17) is 4.74 Å². The molecule has 3 aromatic carbocycles. The van der Waals surface area contributed by atoms with Gasteiger partial charge in [0.1, 0.15) is 12.4 Å². The highest BCUT2D eigenvalue weighted by molar-refractivity contribution is 5.84. The number of H-pyrrole nitrogens is 1. The highest BCUT2D eigenvalue weighted by Crippen LogP contribution is 2.32. The standard InChI is InChI=1S/C23H19N3O5/c27-25(28)14-22(21-13-24-23-7-2-1-6-20(21)23)17-8-10-19(11-9-17)31-15-16-4-3-5-18(12-16)26(29)30/h1-13,22,24H,14-15H2/t22-/m0/s1. The van der Waals surface area contributed by atoms with Crippen molar-refractivity contribution in [1.29, 1.82) is 0 Å². The molecule has 0 bridgehead atoms. The number of non-ortho nitro benzene ring substituents is 1. The molecular formula is C23H19N3O5. The number of fused-ring (bicyclic) bond motifs is 1. The Morgan fingerprint density at radius 1 is 0.935 bits per heavy atom. The van der Waals surface area contributed by atoms with Crippen molar-refractivity contribution in [2.24, 2.45) is 0 Å². The van der Waals surface area contributed by atoms with Crippen molar-refractivity contribution in [2.75, 3.05) is 6.54 Å². The number of nitrogens with one attached hydrogen (secondary N) is 1. The summed E-state index contributed by atoms with van der Waals surface area (Å²) in [6, 6.07) is 21.1. The average Bonchev–Trinajstić information content (AvgIpc) is 3.20. The maximum Gasteiger partial charge on any atom is 0.269 e. The summed E-state index contributed by atoms with van der Waals surface area (Å²) in [7, 11) is 0. The molecule has 0 saturated carbocycles. The lowest BCUT2D eigenvalue weighted by atomic mass is 9.91. The highest BCUT2D eigenvalue weighted by atomic mass is 16.6. The number of aromatic amines is 1. The van der Waals surface area contributed by atoms with Crippen LogP contribution in [0.3, 0.4) is 0 Å². The van der Waals surface area contributed by atoms with Crippen molar-refractivity contribution in [2.45, 2.75) is 12.5 Å². The molecule has 8 nitrogen and oxygen atoms in total. The number of ether oxygens (including phenoxy) is 1. The number of nitro groups is 2. The normalized spacial score (nSPS) is 11.9. The first-order chi connectivity index (χ1) is 15.0. The lowest BCUT2D eigenvalue weighted by Crippen LogP contribution is -2.13. The zero-order valence-electron chi connectivity index (χ0n) is 16.4. The van der Waals surface area contributed by atoms with Gasteiger partial charge >= 0.3 is 0 Å². The second-order valence-corrected chi connectivity index (χ2v) is 7.14. The van der Waals surface area contributed by atoms with Gasteiger partial charge in [0.15, 0.2) is 0 Å². The highest BCUT2D eigenvalue weighted by Gasteiger charge is 2.23. The maximum absolute atomic E-state index is 11.3. The molecule has 0 saturated heterocycles. The molecule has 8 heteroatoms. The third-order valence-electron chi connectivity index (χ3n) is 5.14. The fourth-order valence-corrected chi connectivity index (χ4v) is 3.64. The molecule has 0 radical (unpaired) electrons. The molecule has 1 N–H and O–H groups in total. The zero-order valence-corrected chi connectivity index (χ0v) is 16.4. The van der Waals surface area contributed by atoms with Crippen LogP contribution in [0, 0.1) is 20.2 Å². The number of nitrogens with zero attached hydrogens (tertiary/aromatic N) is 2. The Kier molecular flexibility index (Phi) is 5.61. The summed E-state index contributed by atoms with van der Waals surface area (Å²) < 4.78 is 5.74. The van der Waals surface area contributed by atoms with E-state index in [1.807, 2.05) is 42.6 Å². The van der Waals surface area contributed by atoms with E-state index in [-0.39, 0.29) is 23.8 Å². The van der Waals surface area contributed by atoms with Gasteiger partial charge in [-0.2, -0.15) is 0 Å². The van der Waals surface area contributed by atoms with Crippen LogP contribution in [0.5, 0.6) is 5.75 Å². The number of aromatic nitrogens is 1. The van der Waals surface area contributed by atoms with Crippen LogP contribution in [-0.4, -0.2) is 21.4 Å². The maximum atomic E-state index is 11.3. The van der Waals surface area contributed by atoms with Crippen LogP contribution < -0.4 is 4.74 Å². The molecule has 0 fully saturated rings. The molecule has 156 valence electrons. The minimum atomic E-state index is -0.446. The summed E-state index contributed by atoms with van der Waals surface area (Å²) >= 11 is 0. The van der Waals surface area contributed by atoms with Gasteiger partial charge in [0.25, 0.3) is 5.69 Å². The van der Waals surface area contributed by atoms with Crippen LogP contribution in [0.2, 0.25) is 0 Å². The van der Waals surface area contributed by atoms with E-state index in [1.165, 1.54) is 12.1 Å². The minimum Gasteiger partial charge on any atom is -0.489 e. The van der Waals surface area contributed by atoms with Gasteiger partial charge in [-0.1, -0.05) is 42.5 Å². The molecule has 0 aliphatic carbocycles. The summed E-state index contributed by atoms with van der Waals surface area (Å²) in [5, 5.41) is 23.2. The Balaban J connectivity index is 1.54. The number of hydrogen-bond acceptors (Lipinski definition) is 5. The number of hydrogen-bond donors (Lipinski definition) is 1. The van der Waals surface area contributed by atoms with Crippen LogP contribution in [0.4, 0.5) is 5.69 Å². The van der Waals surface area contributed by atoms with Gasteiger partial charge in [-0.25, -0.2) is 0 Å². The number of para-hydroxylation sites is 1. The summed E-state index contributed by atoms with van der Waals surface area (Å²) in [4.78, 5) is 24.7. The first-order valence-corrected chi connectivity index (χ1v) is 9.65. The van der Waals surface area contributed by atoms with E-state index < -0.39 is 10.8 Å². The monoisotopic (exact) mass is 417 g/mol. The molecule has 1 aromatic heterocycles. The Morgan fingerprint density at radius 2 is 1.71 bits per heavy atom. The second-order valence-electron chi connectivity index (χ2n) is 7.14. The van der Waals surface area contributed by atoms with E-state index in [2.05, 4.69) is 4.98 Å². The van der Waals surface area contributed by atoms with Gasteiger partial charge < -0.3 is 9.72 Å². The molecule has 0 amide bonds. The van der Waals surface area contributed by atoms with Crippen molar-refractivity contribution in [3.05, 3.63) is 116 Å². The smallest absolute Gasteiger partial charge is 0.269 e. The lowest BCUT2D eigenvalue weighted by molar-refractivity contribution is -0.481. The molecule has 0 spiro atoms. The molecule has 4 rings (SSSR count). The van der Waals surface area contributed by atoms with Crippen molar-refractivity contribution < 1.29 is 14.6 Å². The first-order valence-electron chi connectivity index (χ1n) is 9.65. The van der Waals surface area contributed by atoms with Crippen molar-refractivity contribution in [3.63, 3.8) is 0 Å². The molecule has 0 unspecified atom stereocenters. The van der Waals surface area contributed by atoms with Gasteiger partial charge in [0.2, 0.25) is 6.54 Å². The fourth-order valence-electron chi connectivity index (χ4n) is 3.64. The number of benzene rings is 3. The predicted octanol–water partition coefficient (Wildman–Crippen LogP) is 5.06. The quantitative estimate of drug-likeness (QED) is 0.318. The molecule has 0 aliphatic rings. The van der Waals surface area contributed by atoms with Crippen molar-refractivity contribution in [3.8, 4) is 5.75 Å². The Labute approximate surface area is 177 Å². The van der Waals surface area contributed by atoms with Crippen molar-refractivity contribution in [1.82, 2.24) is 4.98 Å². The Hall–Kier alpha value is -4.20. The van der Waals surface area contributed by atoms with Crippen LogP contribution in [0.15, 0.2) is 79.0 Å². The van der Waals surface area contributed by atoms with Crippen LogP contribution >= 0.6 is 0 Å². The van der Waals surface area contributed by atoms with Crippen molar-refractivity contribution >= 4 is 16.6 Å². The van der Waals surface area contributed by atoms with E-state index in [9.17, 15) is 20.2 Å². The van der Waals surface area contributed by atoms with E-state index in [1.54, 1.807) is 24.3 Å². The zero-order chi connectivity index (χ0) is 21.8. The fraction of sp³-hybridized carbons (Fsp3) is 0.130. The SMILES string of the molecule is O=[N+]([O-])C[C@@H](c1ccc(OCc2cccc([N+](=O)[O-])c2)cc1)c1c[nH]c2ccccc12. The Morgan fingerprint density at radius 3 is 2.45 bits per heavy atom. The summed E-state index contributed by atoms with van der Waals surface area (Å²) in [5.41, 5.74) is 3.31. The third-order valence-corrected chi connectivity index (χ3v) is 5.14. The van der Waals surface area contributed by atoms with Gasteiger partial charge in [0, 0.05) is 34.2 Å². The van der Waals surface area contributed by atoms with Gasteiger partial charge in [-0.15, -0.1) is 0 Å². The third kappa shape index (κ3) is 4.53. The number of rotatable bonds is 8. The molecule has 31 heavy (non-hydrogen) atoms. The first kappa shape index (κ1) is 20.1. The lowest BCUT2D eigenvalue weighted by Gasteiger charge is -2.14. The van der Waals surface area contributed by atoms with E-state index in [0.29, 0.717) is 11.3 Å². The molecule has 4 aromatic rings. The summed E-state index contributed by atoms with van der Waals surface area (Å²) in [5.74, 6) is 0.172. The van der Waals surface area contributed by atoms with Crippen LogP contribution in [0.25, 0.3) is 10.9 Å². The van der Waals surface area contributed by atoms with Gasteiger partial charge in [-0.05, 0) is 34.9 Å². The van der Waals surface area contributed by atoms with Gasteiger partial charge in [-0.3, -0.25) is 20.2 Å². The number of nitro benzene ring substituents is 1. The van der Waals surface area contributed by atoms with E-state index in [0.717, 1.165) is 22.0 Å². The predicted molar refractivity (Wildman–Crippen MR) is 116 cm³/mol. The molecule has 1 heterocycles.